The second-order valence-electron chi connectivity index (χ2n) is 7.50. The molecular weight excluding hydrogens is 467 g/mol. The van der Waals surface area contributed by atoms with Crippen LogP contribution in [-0.2, 0) is 14.3 Å². The smallest absolute Gasteiger partial charge is 0.325 e. The lowest BCUT2D eigenvalue weighted by Gasteiger charge is -2.10. The molecule has 0 saturated heterocycles. The van der Waals surface area contributed by atoms with Crippen LogP contribution in [0.1, 0.15) is 34.8 Å². The first-order valence-electron chi connectivity index (χ1n) is 10.2. The van der Waals surface area contributed by atoms with E-state index in [1.165, 1.54) is 18.2 Å². The van der Waals surface area contributed by atoms with Crippen LogP contribution in [0.5, 0.6) is 0 Å². The minimum atomic E-state index is -0.756. The number of aromatic nitrogens is 2. The molecule has 0 spiro atoms. The summed E-state index contributed by atoms with van der Waals surface area (Å²) in [5, 5.41) is 10.3. The topological polar surface area (TPSA) is 102 Å². The third kappa shape index (κ3) is 5.91. The third-order valence-corrected chi connectivity index (χ3v) is 5.67. The number of carbonyl (C=O) groups excluding carboxylic acids is 3. The standard InChI is InChI=1S/C23H20Cl2N4O4/c24-17-9-8-15(10-18(17)25)23(32)26-12-22(31)33-13-21(30)27-20-11-19(14-6-7-14)28-29(20)16-4-2-1-3-5-16/h1-5,8-11,14H,6-7,12-13H2,(H,26,32)(H,27,30). The number of anilines is 1. The average Bonchev–Trinajstić information content (AvgIpc) is 3.59. The lowest BCUT2D eigenvalue weighted by atomic mass is 10.2. The molecule has 0 unspecified atom stereocenters. The number of nitrogens with zero attached hydrogens (tertiary/aromatic N) is 2. The van der Waals surface area contributed by atoms with Crippen LogP contribution < -0.4 is 10.6 Å². The van der Waals surface area contributed by atoms with Gasteiger partial charge in [0.2, 0.25) is 0 Å². The van der Waals surface area contributed by atoms with Gasteiger partial charge in [-0.25, -0.2) is 4.68 Å². The third-order valence-electron chi connectivity index (χ3n) is 4.93. The number of hydrogen-bond acceptors (Lipinski definition) is 5. The van der Waals surface area contributed by atoms with E-state index in [0.29, 0.717) is 16.8 Å². The Morgan fingerprint density at radius 1 is 1.03 bits per heavy atom. The zero-order valence-electron chi connectivity index (χ0n) is 17.4. The zero-order chi connectivity index (χ0) is 23.4. The Labute approximate surface area is 199 Å². The second-order valence-corrected chi connectivity index (χ2v) is 8.31. The van der Waals surface area contributed by atoms with E-state index in [1.54, 1.807) is 4.68 Å². The number of ether oxygens (including phenoxy) is 1. The Kier molecular flexibility index (Phi) is 6.96. The SMILES string of the molecule is O=C(COC(=O)CNC(=O)c1ccc(Cl)c(Cl)c1)Nc1cc(C2CC2)nn1-c1ccccc1. The van der Waals surface area contributed by atoms with Crippen molar-refractivity contribution < 1.29 is 19.1 Å². The van der Waals surface area contributed by atoms with Gasteiger partial charge in [-0.15, -0.1) is 0 Å². The number of amides is 2. The number of hydrogen-bond donors (Lipinski definition) is 2. The molecule has 1 saturated carbocycles. The van der Waals surface area contributed by atoms with Crippen LogP contribution in [0.15, 0.2) is 54.6 Å². The molecule has 170 valence electrons. The van der Waals surface area contributed by atoms with Gasteiger partial charge < -0.3 is 15.4 Å². The van der Waals surface area contributed by atoms with E-state index >= 15 is 0 Å². The summed E-state index contributed by atoms with van der Waals surface area (Å²) >= 11 is 11.7. The molecule has 4 rings (SSSR count). The summed E-state index contributed by atoms with van der Waals surface area (Å²) in [6.07, 6.45) is 2.15. The van der Waals surface area contributed by atoms with E-state index in [9.17, 15) is 14.4 Å². The maximum absolute atomic E-state index is 12.4. The molecule has 1 aliphatic carbocycles. The number of rotatable bonds is 8. The number of halogens is 2. The molecule has 0 aliphatic heterocycles. The van der Waals surface area contributed by atoms with Gasteiger partial charge in [0, 0.05) is 17.5 Å². The van der Waals surface area contributed by atoms with Crippen molar-refractivity contribution in [1.82, 2.24) is 15.1 Å². The summed E-state index contributed by atoms with van der Waals surface area (Å²) in [6.45, 7) is -0.902. The van der Waals surface area contributed by atoms with E-state index in [0.717, 1.165) is 24.2 Å². The minimum Gasteiger partial charge on any atom is -0.454 e. The Bertz CT molecular complexity index is 1190. The fourth-order valence-corrected chi connectivity index (χ4v) is 3.40. The van der Waals surface area contributed by atoms with Crippen LogP contribution in [0.25, 0.3) is 5.69 Å². The molecule has 10 heteroatoms. The van der Waals surface area contributed by atoms with Gasteiger partial charge in [0.1, 0.15) is 12.4 Å². The summed E-state index contributed by atoms with van der Waals surface area (Å²) in [4.78, 5) is 36.5. The fraction of sp³-hybridized carbons (Fsp3) is 0.217. The highest BCUT2D eigenvalue weighted by Crippen LogP contribution is 2.40. The predicted octanol–water partition coefficient (Wildman–Crippen LogP) is 3.97. The van der Waals surface area contributed by atoms with Crippen molar-refractivity contribution in [3.05, 3.63) is 75.9 Å². The van der Waals surface area contributed by atoms with E-state index < -0.39 is 30.9 Å². The minimum absolute atomic E-state index is 0.225. The molecule has 33 heavy (non-hydrogen) atoms. The van der Waals surface area contributed by atoms with E-state index in [-0.39, 0.29) is 10.6 Å². The Hall–Kier alpha value is -3.36. The number of esters is 1. The van der Waals surface area contributed by atoms with Gasteiger partial charge in [-0.2, -0.15) is 5.10 Å². The molecule has 1 aromatic heterocycles. The number of para-hydroxylation sites is 1. The highest BCUT2D eigenvalue weighted by Gasteiger charge is 2.28. The predicted molar refractivity (Wildman–Crippen MR) is 124 cm³/mol. The highest BCUT2D eigenvalue weighted by molar-refractivity contribution is 6.42. The van der Waals surface area contributed by atoms with Gasteiger partial charge in [0.25, 0.3) is 11.8 Å². The molecule has 1 fully saturated rings. The van der Waals surface area contributed by atoms with Crippen molar-refractivity contribution in [2.24, 2.45) is 0 Å². The fourth-order valence-electron chi connectivity index (χ4n) is 3.10. The molecular formula is C23H20Cl2N4O4. The average molecular weight is 487 g/mol. The van der Waals surface area contributed by atoms with Crippen molar-refractivity contribution in [1.29, 1.82) is 0 Å². The monoisotopic (exact) mass is 486 g/mol. The maximum Gasteiger partial charge on any atom is 0.325 e. The van der Waals surface area contributed by atoms with E-state index in [2.05, 4.69) is 15.7 Å². The van der Waals surface area contributed by atoms with Crippen molar-refractivity contribution in [2.45, 2.75) is 18.8 Å². The van der Waals surface area contributed by atoms with Gasteiger partial charge in [0.05, 0.1) is 21.4 Å². The molecule has 8 nitrogen and oxygen atoms in total. The van der Waals surface area contributed by atoms with Gasteiger partial charge in [0.15, 0.2) is 6.61 Å². The number of nitrogens with one attached hydrogen (secondary N) is 2. The molecule has 2 N–H and O–H groups in total. The molecule has 3 aromatic rings. The van der Waals surface area contributed by atoms with Crippen molar-refractivity contribution in [2.75, 3.05) is 18.5 Å². The Morgan fingerprint density at radius 2 is 1.79 bits per heavy atom. The van der Waals surface area contributed by atoms with Crippen molar-refractivity contribution in [3.63, 3.8) is 0 Å². The summed E-state index contributed by atoms with van der Waals surface area (Å²) in [6, 6.07) is 15.6. The van der Waals surface area contributed by atoms with Crippen LogP contribution in [-0.4, -0.2) is 40.7 Å². The molecule has 0 radical (unpaired) electrons. The van der Waals surface area contributed by atoms with Crippen LogP contribution in [0, 0.1) is 0 Å². The lowest BCUT2D eigenvalue weighted by Crippen LogP contribution is -2.32. The van der Waals surface area contributed by atoms with Crippen molar-refractivity contribution >= 4 is 46.8 Å². The van der Waals surface area contributed by atoms with Crippen LogP contribution >= 0.6 is 23.2 Å². The lowest BCUT2D eigenvalue weighted by molar-refractivity contribution is -0.146. The molecule has 0 atom stereocenters. The van der Waals surface area contributed by atoms with Crippen LogP contribution in [0.3, 0.4) is 0 Å². The van der Waals surface area contributed by atoms with Crippen LogP contribution in [0.4, 0.5) is 5.82 Å². The van der Waals surface area contributed by atoms with Gasteiger partial charge in [-0.3, -0.25) is 14.4 Å². The first-order chi connectivity index (χ1) is 15.9. The number of carbonyl (C=O) groups is 3. The molecule has 1 heterocycles. The van der Waals surface area contributed by atoms with E-state index in [1.807, 2.05) is 36.4 Å². The molecule has 2 amide bonds. The number of benzene rings is 2. The summed E-state index contributed by atoms with van der Waals surface area (Å²) in [5.41, 5.74) is 1.97. The zero-order valence-corrected chi connectivity index (χ0v) is 18.9. The second kappa shape index (κ2) is 10.1. The van der Waals surface area contributed by atoms with E-state index in [4.69, 9.17) is 27.9 Å². The summed E-state index contributed by atoms with van der Waals surface area (Å²) in [7, 11) is 0. The van der Waals surface area contributed by atoms with Gasteiger partial charge in [-0.05, 0) is 43.2 Å². The van der Waals surface area contributed by atoms with Gasteiger partial charge in [-0.1, -0.05) is 41.4 Å². The largest absolute Gasteiger partial charge is 0.454 e. The summed E-state index contributed by atoms with van der Waals surface area (Å²) < 4.78 is 6.63. The normalized spacial score (nSPS) is 12.8. The van der Waals surface area contributed by atoms with Crippen LogP contribution in [0.2, 0.25) is 10.0 Å². The molecule has 0 bridgehead atoms. The molecule has 2 aromatic carbocycles. The quantitative estimate of drug-likeness (QED) is 0.469. The molecule has 1 aliphatic rings. The summed E-state index contributed by atoms with van der Waals surface area (Å²) in [5.74, 6) is -0.888. The maximum atomic E-state index is 12.4. The Morgan fingerprint density at radius 3 is 2.48 bits per heavy atom. The van der Waals surface area contributed by atoms with Crippen molar-refractivity contribution in [3.8, 4) is 5.69 Å². The van der Waals surface area contributed by atoms with Gasteiger partial charge >= 0.3 is 5.97 Å². The highest BCUT2D eigenvalue weighted by atomic mass is 35.5. The first-order valence-corrected chi connectivity index (χ1v) is 11.0. The first kappa shape index (κ1) is 22.8. The Balaban J connectivity index is 1.30.